The van der Waals surface area contributed by atoms with Crippen LogP contribution in [0.2, 0.25) is 0 Å². The first-order chi connectivity index (χ1) is 8.32. The Labute approximate surface area is 110 Å². The minimum absolute atomic E-state index is 0.0114. The maximum Gasteiger partial charge on any atom is 0.264 e. The molecule has 0 aliphatic heterocycles. The van der Waals surface area contributed by atoms with Gasteiger partial charge < -0.3 is 10.3 Å². The van der Waals surface area contributed by atoms with Gasteiger partial charge in [-0.3, -0.25) is 9.59 Å². The molecule has 0 aliphatic rings. The molecule has 1 amide bonds. The highest BCUT2D eigenvalue weighted by molar-refractivity contribution is 6.29. The molecule has 0 bridgehead atoms. The van der Waals surface area contributed by atoms with E-state index in [-0.39, 0.29) is 18.0 Å². The summed E-state index contributed by atoms with van der Waals surface area (Å²) in [6.07, 6.45) is 0. The quantitative estimate of drug-likeness (QED) is 0.873. The zero-order chi connectivity index (χ0) is 13.9. The van der Waals surface area contributed by atoms with Gasteiger partial charge in [-0.2, -0.15) is 0 Å². The van der Waals surface area contributed by atoms with Crippen molar-refractivity contribution in [3.8, 4) is 0 Å². The number of H-pyrrole nitrogens is 1. The molecule has 0 aliphatic carbocycles. The molecule has 1 aromatic heterocycles. The minimum Gasteiger partial charge on any atom is -0.347 e. The average Bonchev–Trinajstić information content (AvgIpc) is 2.25. The summed E-state index contributed by atoms with van der Waals surface area (Å²) in [6.45, 7) is 9.02. The fourth-order valence-electron chi connectivity index (χ4n) is 1.41. The van der Waals surface area contributed by atoms with Gasteiger partial charge in [0.1, 0.15) is 11.4 Å². The van der Waals surface area contributed by atoms with E-state index in [1.165, 1.54) is 0 Å². The fourth-order valence-corrected chi connectivity index (χ4v) is 1.48. The number of carbonyl (C=O) groups is 1. The van der Waals surface area contributed by atoms with Crippen molar-refractivity contribution in [1.82, 2.24) is 15.3 Å². The lowest BCUT2D eigenvalue weighted by Gasteiger charge is -2.09. The van der Waals surface area contributed by atoms with E-state index in [1.54, 1.807) is 6.92 Å². The van der Waals surface area contributed by atoms with E-state index in [0.29, 0.717) is 16.6 Å². The van der Waals surface area contributed by atoms with E-state index in [9.17, 15) is 9.59 Å². The number of nitrogens with zero attached hydrogens (tertiary/aromatic N) is 1. The standard InChI is InChI=1S/C12H16ClN3O2/c1-6(2)10-15-8(4)9(12(18)16-10)11(17)14-5-7(3)13/h6H,3,5H2,1-2,4H3,(H,14,17)(H,15,16,18). The highest BCUT2D eigenvalue weighted by Crippen LogP contribution is 2.08. The van der Waals surface area contributed by atoms with Gasteiger partial charge in [-0.05, 0) is 6.92 Å². The Morgan fingerprint density at radius 1 is 1.56 bits per heavy atom. The van der Waals surface area contributed by atoms with Gasteiger partial charge in [0.15, 0.2) is 0 Å². The normalized spacial score (nSPS) is 10.5. The van der Waals surface area contributed by atoms with E-state index < -0.39 is 11.5 Å². The molecule has 1 aromatic rings. The lowest BCUT2D eigenvalue weighted by atomic mass is 10.1. The fraction of sp³-hybridized carbons (Fsp3) is 0.417. The van der Waals surface area contributed by atoms with Crippen molar-refractivity contribution in [2.45, 2.75) is 26.7 Å². The Bertz CT molecular complexity index is 535. The van der Waals surface area contributed by atoms with Crippen LogP contribution in [0.4, 0.5) is 0 Å². The second-order valence-corrected chi connectivity index (χ2v) is 4.80. The first-order valence-electron chi connectivity index (χ1n) is 5.55. The van der Waals surface area contributed by atoms with Crippen LogP contribution in [-0.4, -0.2) is 22.4 Å². The molecule has 1 rings (SSSR count). The van der Waals surface area contributed by atoms with Gasteiger partial charge in [-0.15, -0.1) is 0 Å². The molecular formula is C12H16ClN3O2. The van der Waals surface area contributed by atoms with Crippen LogP contribution < -0.4 is 10.9 Å². The van der Waals surface area contributed by atoms with Gasteiger partial charge in [0.2, 0.25) is 0 Å². The van der Waals surface area contributed by atoms with Crippen LogP contribution in [0.5, 0.6) is 0 Å². The smallest absolute Gasteiger partial charge is 0.264 e. The van der Waals surface area contributed by atoms with Crippen LogP contribution in [0.1, 0.15) is 41.6 Å². The highest BCUT2D eigenvalue weighted by atomic mass is 35.5. The predicted molar refractivity (Wildman–Crippen MR) is 71.0 cm³/mol. The molecule has 0 atom stereocenters. The Morgan fingerprint density at radius 3 is 2.61 bits per heavy atom. The van der Waals surface area contributed by atoms with Crippen LogP contribution in [0.25, 0.3) is 0 Å². The summed E-state index contributed by atoms with van der Waals surface area (Å²) in [5.74, 6) is 0.158. The number of aromatic amines is 1. The maximum absolute atomic E-state index is 11.8. The molecule has 0 saturated carbocycles. The largest absolute Gasteiger partial charge is 0.347 e. The number of rotatable bonds is 4. The molecule has 18 heavy (non-hydrogen) atoms. The number of amides is 1. The minimum atomic E-state index is -0.502. The molecular weight excluding hydrogens is 254 g/mol. The molecule has 0 unspecified atom stereocenters. The number of carbonyl (C=O) groups excluding carboxylic acids is 1. The lowest BCUT2D eigenvalue weighted by molar-refractivity contribution is 0.0955. The van der Waals surface area contributed by atoms with Crippen molar-refractivity contribution < 1.29 is 4.79 Å². The number of hydrogen-bond acceptors (Lipinski definition) is 3. The summed E-state index contributed by atoms with van der Waals surface area (Å²) in [6, 6.07) is 0. The summed E-state index contributed by atoms with van der Waals surface area (Å²) < 4.78 is 0. The summed E-state index contributed by atoms with van der Waals surface area (Å²) in [5.41, 5.74) is -0.0265. The number of nitrogens with one attached hydrogen (secondary N) is 2. The van der Waals surface area contributed by atoms with Gasteiger partial charge in [-0.25, -0.2) is 4.98 Å². The first kappa shape index (κ1) is 14.4. The first-order valence-corrected chi connectivity index (χ1v) is 5.93. The third-order valence-electron chi connectivity index (χ3n) is 2.33. The topological polar surface area (TPSA) is 74.8 Å². The van der Waals surface area contributed by atoms with Gasteiger partial charge in [0.05, 0.1) is 12.2 Å². The summed E-state index contributed by atoms with van der Waals surface area (Å²) in [5, 5.41) is 2.79. The van der Waals surface area contributed by atoms with E-state index >= 15 is 0 Å². The van der Waals surface area contributed by atoms with Gasteiger partial charge in [0, 0.05) is 11.0 Å². The maximum atomic E-state index is 11.8. The van der Waals surface area contributed by atoms with Crippen LogP contribution in [0.3, 0.4) is 0 Å². The summed E-state index contributed by atoms with van der Waals surface area (Å²) >= 11 is 5.54. The van der Waals surface area contributed by atoms with Crippen molar-refractivity contribution in [1.29, 1.82) is 0 Å². The summed E-state index contributed by atoms with van der Waals surface area (Å²) in [7, 11) is 0. The molecule has 0 radical (unpaired) electrons. The predicted octanol–water partition coefficient (Wildman–Crippen LogP) is 1.68. The molecule has 1 heterocycles. The van der Waals surface area contributed by atoms with Crippen LogP contribution in [0, 0.1) is 6.92 Å². The third kappa shape index (κ3) is 3.43. The number of aromatic nitrogens is 2. The Morgan fingerprint density at radius 2 is 2.17 bits per heavy atom. The Kier molecular flexibility index (Phi) is 4.67. The van der Waals surface area contributed by atoms with E-state index in [0.717, 1.165) is 0 Å². The number of aryl methyl sites for hydroxylation is 1. The number of halogens is 1. The SMILES string of the molecule is C=C(Cl)CNC(=O)c1c(C)nc(C(C)C)[nH]c1=O. The highest BCUT2D eigenvalue weighted by Gasteiger charge is 2.16. The van der Waals surface area contributed by atoms with Gasteiger partial charge in [0.25, 0.3) is 11.5 Å². The van der Waals surface area contributed by atoms with Crippen molar-refractivity contribution in [2.24, 2.45) is 0 Å². The molecule has 0 fully saturated rings. The molecule has 0 saturated heterocycles. The second-order valence-electron chi connectivity index (χ2n) is 4.27. The molecule has 6 heteroatoms. The average molecular weight is 270 g/mol. The number of hydrogen-bond donors (Lipinski definition) is 2. The molecule has 0 aromatic carbocycles. The molecule has 5 nitrogen and oxygen atoms in total. The Hall–Kier alpha value is -1.62. The lowest BCUT2D eigenvalue weighted by Crippen LogP contribution is -2.32. The van der Waals surface area contributed by atoms with Crippen LogP contribution >= 0.6 is 11.6 Å². The zero-order valence-electron chi connectivity index (χ0n) is 10.6. The second kappa shape index (κ2) is 5.82. The molecule has 0 spiro atoms. The zero-order valence-corrected chi connectivity index (χ0v) is 11.4. The molecule has 98 valence electrons. The van der Waals surface area contributed by atoms with Gasteiger partial charge >= 0.3 is 0 Å². The summed E-state index contributed by atoms with van der Waals surface area (Å²) in [4.78, 5) is 30.5. The van der Waals surface area contributed by atoms with Crippen molar-refractivity contribution in [3.05, 3.63) is 39.0 Å². The van der Waals surface area contributed by atoms with E-state index in [2.05, 4.69) is 21.9 Å². The third-order valence-corrected chi connectivity index (χ3v) is 2.47. The van der Waals surface area contributed by atoms with Crippen molar-refractivity contribution in [2.75, 3.05) is 6.54 Å². The Balaban J connectivity index is 3.07. The molecule has 2 N–H and O–H groups in total. The monoisotopic (exact) mass is 269 g/mol. The van der Waals surface area contributed by atoms with E-state index in [1.807, 2.05) is 13.8 Å². The van der Waals surface area contributed by atoms with Crippen molar-refractivity contribution in [3.63, 3.8) is 0 Å². The van der Waals surface area contributed by atoms with Gasteiger partial charge in [-0.1, -0.05) is 32.0 Å². The van der Waals surface area contributed by atoms with E-state index in [4.69, 9.17) is 11.6 Å². The van der Waals surface area contributed by atoms with Crippen molar-refractivity contribution >= 4 is 17.5 Å². The van der Waals surface area contributed by atoms with Crippen LogP contribution in [0.15, 0.2) is 16.4 Å². The van der Waals surface area contributed by atoms with Crippen LogP contribution in [-0.2, 0) is 0 Å².